The summed E-state index contributed by atoms with van der Waals surface area (Å²) in [6, 6.07) is 0. The molecular weight excluding hydrogens is 214 g/mol. The van der Waals surface area contributed by atoms with Gasteiger partial charge in [0.25, 0.3) is 0 Å². The van der Waals surface area contributed by atoms with Crippen molar-refractivity contribution in [3.63, 3.8) is 0 Å². The van der Waals surface area contributed by atoms with Crippen LogP contribution in [0.4, 0.5) is 0 Å². The van der Waals surface area contributed by atoms with Crippen LogP contribution in [0.15, 0.2) is 11.1 Å². The van der Waals surface area contributed by atoms with E-state index in [-0.39, 0.29) is 5.92 Å². The number of piperidine rings is 1. The Balaban J connectivity index is 2.32. The number of rotatable bonds is 2. The van der Waals surface area contributed by atoms with E-state index in [1.165, 1.54) is 12.5 Å². The molecule has 0 saturated carbocycles. The fourth-order valence-corrected chi connectivity index (χ4v) is 2.83. The third-order valence-electron chi connectivity index (χ3n) is 2.74. The lowest BCUT2D eigenvalue weighted by Gasteiger charge is -2.22. The number of hydrogen-bond donors (Lipinski definition) is 2. The summed E-state index contributed by atoms with van der Waals surface area (Å²) in [6.07, 6.45) is 4.71. The second kappa shape index (κ2) is 3.94. The Bertz CT molecular complexity index is 432. The van der Waals surface area contributed by atoms with Crippen LogP contribution in [0, 0.1) is 0 Å². The van der Waals surface area contributed by atoms with Gasteiger partial charge in [-0.15, -0.1) is 0 Å². The van der Waals surface area contributed by atoms with Gasteiger partial charge in [0.1, 0.15) is 4.90 Å². The van der Waals surface area contributed by atoms with Crippen molar-refractivity contribution in [3.8, 4) is 0 Å². The third-order valence-corrected chi connectivity index (χ3v) is 3.86. The van der Waals surface area contributed by atoms with E-state index in [0.29, 0.717) is 4.90 Å². The van der Waals surface area contributed by atoms with E-state index in [4.69, 9.17) is 0 Å². The third kappa shape index (κ3) is 2.21. The Labute approximate surface area is 89.2 Å². The molecule has 84 valence electrons. The first-order valence-electron chi connectivity index (χ1n) is 5.03. The van der Waals surface area contributed by atoms with Crippen molar-refractivity contribution in [2.75, 3.05) is 19.3 Å². The molecule has 5 nitrogen and oxygen atoms in total. The number of H-pyrrole nitrogens is 1. The van der Waals surface area contributed by atoms with E-state index in [9.17, 15) is 8.42 Å². The van der Waals surface area contributed by atoms with Crippen LogP contribution in [0.5, 0.6) is 0 Å². The van der Waals surface area contributed by atoms with Crippen LogP contribution >= 0.6 is 0 Å². The summed E-state index contributed by atoms with van der Waals surface area (Å²) in [6.45, 7) is 1.84. The summed E-state index contributed by atoms with van der Waals surface area (Å²) in [4.78, 5) is 0.344. The van der Waals surface area contributed by atoms with E-state index in [1.807, 2.05) is 0 Å². The van der Waals surface area contributed by atoms with Crippen molar-refractivity contribution in [3.05, 3.63) is 11.9 Å². The normalized spacial score (nSPS) is 22.9. The summed E-state index contributed by atoms with van der Waals surface area (Å²) in [5, 5.41) is 9.90. The molecule has 1 aromatic heterocycles. The molecule has 0 radical (unpaired) electrons. The summed E-state index contributed by atoms with van der Waals surface area (Å²) < 4.78 is 23.0. The molecule has 0 spiro atoms. The molecule has 0 aliphatic carbocycles. The number of sulfone groups is 1. The zero-order valence-corrected chi connectivity index (χ0v) is 9.47. The average molecular weight is 229 g/mol. The van der Waals surface area contributed by atoms with Crippen molar-refractivity contribution >= 4 is 9.84 Å². The molecule has 1 unspecified atom stereocenters. The van der Waals surface area contributed by atoms with Crippen LogP contribution < -0.4 is 5.32 Å². The highest BCUT2D eigenvalue weighted by Crippen LogP contribution is 2.26. The molecule has 1 aliphatic rings. The van der Waals surface area contributed by atoms with Crippen LogP contribution in [-0.2, 0) is 9.84 Å². The first-order valence-corrected chi connectivity index (χ1v) is 6.92. The molecule has 2 heterocycles. The van der Waals surface area contributed by atoms with Crippen LogP contribution in [0.1, 0.15) is 24.5 Å². The molecule has 0 amide bonds. The Hall–Kier alpha value is -0.880. The van der Waals surface area contributed by atoms with Gasteiger partial charge in [0.2, 0.25) is 0 Å². The molecule has 0 aromatic carbocycles. The number of aromatic nitrogens is 2. The minimum absolute atomic E-state index is 0.242. The quantitative estimate of drug-likeness (QED) is 0.764. The van der Waals surface area contributed by atoms with Crippen LogP contribution in [0.25, 0.3) is 0 Å². The second-order valence-electron chi connectivity index (χ2n) is 3.96. The highest BCUT2D eigenvalue weighted by molar-refractivity contribution is 7.90. The highest BCUT2D eigenvalue weighted by atomic mass is 32.2. The van der Waals surface area contributed by atoms with Gasteiger partial charge < -0.3 is 5.32 Å². The number of hydrogen-bond acceptors (Lipinski definition) is 4. The van der Waals surface area contributed by atoms with Crippen molar-refractivity contribution in [1.29, 1.82) is 0 Å². The summed E-state index contributed by atoms with van der Waals surface area (Å²) >= 11 is 0. The van der Waals surface area contributed by atoms with E-state index < -0.39 is 9.84 Å². The Morgan fingerprint density at radius 3 is 2.93 bits per heavy atom. The van der Waals surface area contributed by atoms with Gasteiger partial charge in [0, 0.05) is 18.7 Å². The number of aromatic amines is 1. The fraction of sp³-hybridized carbons (Fsp3) is 0.667. The van der Waals surface area contributed by atoms with Crippen molar-refractivity contribution in [2.24, 2.45) is 0 Å². The van der Waals surface area contributed by atoms with Crippen LogP contribution in [0.2, 0.25) is 0 Å². The average Bonchev–Trinajstić information content (AvgIpc) is 2.67. The SMILES string of the molecule is CS(=O)(=O)c1cn[nH]c1C1CCCNC1. The Kier molecular flexibility index (Phi) is 2.79. The molecule has 1 aliphatic heterocycles. The lowest BCUT2D eigenvalue weighted by molar-refractivity contribution is 0.449. The van der Waals surface area contributed by atoms with Gasteiger partial charge in [-0.3, -0.25) is 5.10 Å². The topological polar surface area (TPSA) is 74.8 Å². The van der Waals surface area contributed by atoms with Gasteiger partial charge in [-0.05, 0) is 19.4 Å². The van der Waals surface area contributed by atoms with Crippen molar-refractivity contribution in [1.82, 2.24) is 15.5 Å². The highest BCUT2D eigenvalue weighted by Gasteiger charge is 2.24. The zero-order chi connectivity index (χ0) is 10.9. The number of nitrogens with one attached hydrogen (secondary N) is 2. The van der Waals surface area contributed by atoms with E-state index in [0.717, 1.165) is 31.6 Å². The lowest BCUT2D eigenvalue weighted by Crippen LogP contribution is -2.29. The van der Waals surface area contributed by atoms with Gasteiger partial charge in [-0.25, -0.2) is 8.42 Å². The minimum Gasteiger partial charge on any atom is -0.316 e. The van der Waals surface area contributed by atoms with Crippen molar-refractivity contribution < 1.29 is 8.42 Å². The van der Waals surface area contributed by atoms with Crippen molar-refractivity contribution in [2.45, 2.75) is 23.7 Å². The molecule has 1 saturated heterocycles. The predicted octanol–water partition coefficient (Wildman–Crippen LogP) is 0.280. The maximum absolute atomic E-state index is 11.5. The molecular formula is C9H15N3O2S. The maximum Gasteiger partial charge on any atom is 0.178 e. The first-order chi connectivity index (χ1) is 7.09. The van der Waals surface area contributed by atoms with Crippen LogP contribution in [-0.4, -0.2) is 38.0 Å². The molecule has 2 rings (SSSR count). The fourth-order valence-electron chi connectivity index (χ4n) is 1.97. The van der Waals surface area contributed by atoms with Gasteiger partial charge >= 0.3 is 0 Å². The van der Waals surface area contributed by atoms with E-state index >= 15 is 0 Å². The smallest absolute Gasteiger partial charge is 0.178 e. The van der Waals surface area contributed by atoms with Gasteiger partial charge in [-0.2, -0.15) is 5.10 Å². The lowest BCUT2D eigenvalue weighted by atomic mass is 9.96. The first kappa shape index (κ1) is 10.6. The van der Waals surface area contributed by atoms with Crippen LogP contribution in [0.3, 0.4) is 0 Å². The number of nitrogens with zero attached hydrogens (tertiary/aromatic N) is 1. The van der Waals surface area contributed by atoms with Gasteiger partial charge in [0.05, 0.1) is 11.9 Å². The Morgan fingerprint density at radius 1 is 1.53 bits per heavy atom. The monoisotopic (exact) mass is 229 g/mol. The van der Waals surface area contributed by atoms with E-state index in [1.54, 1.807) is 0 Å². The van der Waals surface area contributed by atoms with E-state index in [2.05, 4.69) is 15.5 Å². The largest absolute Gasteiger partial charge is 0.316 e. The molecule has 15 heavy (non-hydrogen) atoms. The molecule has 2 N–H and O–H groups in total. The summed E-state index contributed by atoms with van der Waals surface area (Å²) in [5.74, 6) is 0.242. The summed E-state index contributed by atoms with van der Waals surface area (Å²) in [7, 11) is -3.16. The van der Waals surface area contributed by atoms with Gasteiger partial charge in [-0.1, -0.05) is 0 Å². The minimum atomic E-state index is -3.16. The molecule has 1 aromatic rings. The molecule has 0 bridgehead atoms. The van der Waals surface area contributed by atoms with Gasteiger partial charge in [0.15, 0.2) is 9.84 Å². The second-order valence-corrected chi connectivity index (χ2v) is 5.95. The zero-order valence-electron chi connectivity index (χ0n) is 8.66. The Morgan fingerprint density at radius 2 is 2.33 bits per heavy atom. The standard InChI is InChI=1S/C9H15N3O2S/c1-15(13,14)8-6-11-12-9(8)7-3-2-4-10-5-7/h6-7,10H,2-5H2,1H3,(H,11,12). The molecule has 1 atom stereocenters. The summed E-state index contributed by atoms with van der Waals surface area (Å²) in [5.41, 5.74) is 0.754. The molecule has 1 fully saturated rings. The maximum atomic E-state index is 11.5. The predicted molar refractivity (Wildman–Crippen MR) is 56.5 cm³/mol. The molecule has 6 heteroatoms.